The van der Waals surface area contributed by atoms with Gasteiger partial charge in [-0.25, -0.2) is 0 Å². The third-order valence-corrected chi connectivity index (χ3v) is 6.13. The summed E-state index contributed by atoms with van der Waals surface area (Å²) >= 11 is 1.59. The van der Waals surface area contributed by atoms with Gasteiger partial charge in [0.1, 0.15) is 0 Å². The first-order valence-corrected chi connectivity index (χ1v) is 11.4. The highest BCUT2D eigenvalue weighted by Crippen LogP contribution is 2.34. The molecule has 4 nitrogen and oxygen atoms in total. The molecular formula is C24H24F3N3OS. The van der Waals surface area contributed by atoms with Gasteiger partial charge in [-0.05, 0) is 72.0 Å². The second-order valence-corrected chi connectivity index (χ2v) is 8.71. The summed E-state index contributed by atoms with van der Waals surface area (Å²) in [6, 6.07) is 13.0. The molecule has 0 saturated heterocycles. The number of nitrogens with one attached hydrogen (secondary N) is 3. The fraction of sp³-hybridized carbons (Fsp3) is 0.292. The highest BCUT2D eigenvalue weighted by molar-refractivity contribution is 7.08. The number of rotatable bonds is 8. The molecule has 3 N–H and O–H groups in total. The van der Waals surface area contributed by atoms with Crippen molar-refractivity contribution in [1.29, 1.82) is 0 Å². The van der Waals surface area contributed by atoms with Crippen molar-refractivity contribution in [3.05, 3.63) is 70.4 Å². The first kappa shape index (κ1) is 22.2. The number of anilines is 2. The summed E-state index contributed by atoms with van der Waals surface area (Å²) in [5.74, 6) is 0.219. The lowest BCUT2D eigenvalue weighted by Gasteiger charge is -2.19. The predicted octanol–water partition coefficient (Wildman–Crippen LogP) is 6.50. The highest BCUT2D eigenvalue weighted by Gasteiger charge is 2.31. The first-order valence-electron chi connectivity index (χ1n) is 10.4. The minimum absolute atomic E-state index is 0.0835. The van der Waals surface area contributed by atoms with E-state index < -0.39 is 11.7 Å². The predicted molar refractivity (Wildman–Crippen MR) is 123 cm³/mol. The summed E-state index contributed by atoms with van der Waals surface area (Å²) in [5.41, 5.74) is 3.53. The fourth-order valence-corrected chi connectivity index (χ4v) is 4.11. The van der Waals surface area contributed by atoms with Crippen LogP contribution in [-0.4, -0.2) is 12.6 Å². The maximum atomic E-state index is 13.0. The Morgan fingerprint density at radius 2 is 1.94 bits per heavy atom. The van der Waals surface area contributed by atoms with Crippen LogP contribution in [0.5, 0.6) is 0 Å². The van der Waals surface area contributed by atoms with Crippen molar-refractivity contribution in [2.75, 3.05) is 17.3 Å². The van der Waals surface area contributed by atoms with Crippen LogP contribution in [0.4, 0.5) is 24.5 Å². The van der Waals surface area contributed by atoms with Crippen LogP contribution >= 0.6 is 11.3 Å². The lowest BCUT2D eigenvalue weighted by Crippen LogP contribution is -2.28. The number of hydrogen-bond acceptors (Lipinski definition) is 4. The number of halogens is 3. The molecule has 1 fully saturated rings. The molecular weight excluding hydrogens is 435 g/mol. The smallest absolute Gasteiger partial charge is 0.368 e. The van der Waals surface area contributed by atoms with Crippen LogP contribution in [0, 0.1) is 5.92 Å². The molecule has 1 aliphatic carbocycles. The van der Waals surface area contributed by atoms with Crippen molar-refractivity contribution < 1.29 is 18.0 Å². The third kappa shape index (κ3) is 5.43. The molecule has 32 heavy (non-hydrogen) atoms. The zero-order valence-corrected chi connectivity index (χ0v) is 18.3. The van der Waals surface area contributed by atoms with E-state index in [-0.39, 0.29) is 24.5 Å². The van der Waals surface area contributed by atoms with Crippen LogP contribution in [0.1, 0.15) is 36.9 Å². The van der Waals surface area contributed by atoms with Gasteiger partial charge < -0.3 is 16.0 Å². The molecule has 1 saturated carbocycles. The molecule has 4 rings (SSSR count). The SMILES string of the molecule is CC(NC(=O)C1CC1)c1ccc(-c2ccsc2)c(NCNc2cccc(C(F)(F)F)c2)c1. The average Bonchev–Trinajstić information content (AvgIpc) is 3.48. The van der Waals surface area contributed by atoms with E-state index in [4.69, 9.17) is 0 Å². The Labute approximate surface area is 188 Å². The van der Waals surface area contributed by atoms with Crippen molar-refractivity contribution in [3.63, 3.8) is 0 Å². The molecule has 0 bridgehead atoms. The Morgan fingerprint density at radius 3 is 2.62 bits per heavy atom. The maximum absolute atomic E-state index is 13.0. The van der Waals surface area contributed by atoms with E-state index in [1.165, 1.54) is 6.07 Å². The van der Waals surface area contributed by atoms with E-state index in [0.29, 0.717) is 5.69 Å². The Balaban J connectivity index is 1.49. The van der Waals surface area contributed by atoms with E-state index in [9.17, 15) is 18.0 Å². The maximum Gasteiger partial charge on any atom is 0.416 e. The summed E-state index contributed by atoms with van der Waals surface area (Å²) < 4.78 is 38.9. The normalized spacial score (nSPS) is 14.6. The number of thiophene rings is 1. The largest absolute Gasteiger partial charge is 0.416 e. The summed E-state index contributed by atoms with van der Waals surface area (Å²) in [5, 5.41) is 13.4. The second kappa shape index (κ2) is 9.24. The van der Waals surface area contributed by atoms with Gasteiger partial charge in [0.15, 0.2) is 0 Å². The van der Waals surface area contributed by atoms with Crippen LogP contribution in [0.2, 0.25) is 0 Å². The molecule has 0 spiro atoms. The fourth-order valence-electron chi connectivity index (χ4n) is 3.45. The molecule has 1 heterocycles. The molecule has 1 atom stereocenters. The molecule has 1 aromatic heterocycles. The van der Waals surface area contributed by atoms with Gasteiger partial charge in [-0.1, -0.05) is 18.2 Å². The number of amides is 1. The molecule has 8 heteroatoms. The topological polar surface area (TPSA) is 53.2 Å². The minimum Gasteiger partial charge on any atom is -0.368 e. The molecule has 3 aromatic rings. The van der Waals surface area contributed by atoms with Gasteiger partial charge in [0.05, 0.1) is 18.3 Å². The molecule has 1 unspecified atom stereocenters. The number of alkyl halides is 3. The van der Waals surface area contributed by atoms with Crippen molar-refractivity contribution in [2.24, 2.45) is 5.92 Å². The van der Waals surface area contributed by atoms with Crippen molar-refractivity contribution in [2.45, 2.75) is 32.0 Å². The first-order chi connectivity index (χ1) is 15.3. The van der Waals surface area contributed by atoms with E-state index in [0.717, 1.165) is 47.4 Å². The molecule has 2 aromatic carbocycles. The van der Waals surface area contributed by atoms with Crippen LogP contribution in [0.3, 0.4) is 0 Å². The minimum atomic E-state index is -4.38. The lowest BCUT2D eigenvalue weighted by atomic mass is 10.0. The summed E-state index contributed by atoms with van der Waals surface area (Å²) in [4.78, 5) is 12.1. The zero-order chi connectivity index (χ0) is 22.7. The molecule has 1 aliphatic rings. The van der Waals surface area contributed by atoms with Gasteiger partial charge >= 0.3 is 6.18 Å². The highest BCUT2D eigenvalue weighted by atomic mass is 32.1. The number of hydrogen-bond donors (Lipinski definition) is 3. The van der Waals surface area contributed by atoms with Crippen molar-refractivity contribution in [3.8, 4) is 11.1 Å². The number of benzene rings is 2. The number of carbonyl (C=O) groups excluding carboxylic acids is 1. The molecule has 1 amide bonds. The monoisotopic (exact) mass is 459 g/mol. The molecule has 168 valence electrons. The Hall–Kier alpha value is -3.00. The average molecular weight is 460 g/mol. The third-order valence-electron chi connectivity index (χ3n) is 5.44. The molecule has 0 aliphatic heterocycles. The van der Waals surface area contributed by atoms with Crippen LogP contribution in [0.25, 0.3) is 11.1 Å². The lowest BCUT2D eigenvalue weighted by molar-refractivity contribution is -0.137. The standard InChI is InChI=1S/C24H24F3N3OS/c1-15(30-23(31)16-5-6-16)17-7-8-21(18-9-10-32-13-18)22(11-17)29-14-28-20-4-2-3-19(12-20)24(25,26)27/h2-4,7-13,15-16,28-29H,5-6,14H2,1H3,(H,30,31). The van der Waals surface area contributed by atoms with Crippen LogP contribution in [-0.2, 0) is 11.0 Å². The summed E-state index contributed by atoms with van der Waals surface area (Å²) in [6.07, 6.45) is -2.49. The summed E-state index contributed by atoms with van der Waals surface area (Å²) in [7, 11) is 0. The Bertz CT molecular complexity index is 1080. The quantitative estimate of drug-likeness (QED) is 0.337. The van der Waals surface area contributed by atoms with E-state index in [1.807, 2.05) is 41.9 Å². The van der Waals surface area contributed by atoms with E-state index in [2.05, 4.69) is 16.0 Å². The van der Waals surface area contributed by atoms with Gasteiger partial charge in [0.25, 0.3) is 0 Å². The van der Waals surface area contributed by atoms with Crippen LogP contribution in [0.15, 0.2) is 59.3 Å². The number of carbonyl (C=O) groups is 1. The Kier molecular flexibility index (Phi) is 6.41. The van der Waals surface area contributed by atoms with Crippen LogP contribution < -0.4 is 16.0 Å². The summed E-state index contributed by atoms with van der Waals surface area (Å²) in [6.45, 7) is 2.19. The van der Waals surface area contributed by atoms with Gasteiger partial charge in [-0.15, -0.1) is 0 Å². The van der Waals surface area contributed by atoms with Gasteiger partial charge in [-0.2, -0.15) is 24.5 Å². The van der Waals surface area contributed by atoms with E-state index in [1.54, 1.807) is 17.4 Å². The zero-order valence-electron chi connectivity index (χ0n) is 17.5. The Morgan fingerprint density at radius 1 is 1.12 bits per heavy atom. The molecule has 0 radical (unpaired) electrons. The van der Waals surface area contributed by atoms with Crippen molar-refractivity contribution in [1.82, 2.24) is 5.32 Å². The second-order valence-electron chi connectivity index (χ2n) is 7.93. The van der Waals surface area contributed by atoms with Crippen molar-refractivity contribution >= 4 is 28.6 Å². The van der Waals surface area contributed by atoms with Gasteiger partial charge in [0.2, 0.25) is 5.91 Å². The van der Waals surface area contributed by atoms with E-state index >= 15 is 0 Å². The van der Waals surface area contributed by atoms with Gasteiger partial charge in [-0.3, -0.25) is 4.79 Å². The van der Waals surface area contributed by atoms with Gasteiger partial charge in [0, 0.05) is 22.9 Å².